The zero-order valence-corrected chi connectivity index (χ0v) is 25.7. The smallest absolute Gasteiger partial charge is 0.301 e. The molecule has 1 atom stereocenters. The summed E-state index contributed by atoms with van der Waals surface area (Å²) < 4.78 is 23.3. The Morgan fingerprint density at radius 3 is 2.47 bits per heavy atom. The molecule has 0 unspecified atom stereocenters. The summed E-state index contributed by atoms with van der Waals surface area (Å²) >= 11 is 1.02. The SMILES string of the molecule is CCOc1cc([C@H]2/C(=C(\O)c3ccc4c(c3)OCCO4)C(=O)C(=O)N2c2nc(C)c(C(C)=O)s2)ccc1OCc1ccccc1. The number of Topliss-reactive ketones (excluding diaryl/α,β-unsaturated/α-hetero) is 2. The summed E-state index contributed by atoms with van der Waals surface area (Å²) in [4.78, 5) is 45.8. The number of aromatic nitrogens is 1. The van der Waals surface area contributed by atoms with E-state index in [1.807, 2.05) is 37.3 Å². The van der Waals surface area contributed by atoms with Crippen LogP contribution in [0.1, 0.15) is 51.9 Å². The number of amides is 1. The third-order valence-corrected chi connectivity index (χ3v) is 8.65. The molecule has 10 nitrogen and oxygen atoms in total. The average molecular weight is 627 g/mol. The Hall–Kier alpha value is -5.16. The van der Waals surface area contributed by atoms with Gasteiger partial charge >= 0.3 is 5.91 Å². The van der Waals surface area contributed by atoms with Crippen LogP contribution in [-0.4, -0.2) is 47.4 Å². The number of hydrogen-bond acceptors (Lipinski definition) is 10. The summed E-state index contributed by atoms with van der Waals surface area (Å²) in [5.74, 6) is -0.585. The summed E-state index contributed by atoms with van der Waals surface area (Å²) in [6, 6.07) is 18.5. The van der Waals surface area contributed by atoms with Crippen molar-refractivity contribution in [1.82, 2.24) is 4.98 Å². The van der Waals surface area contributed by atoms with Crippen molar-refractivity contribution in [2.45, 2.75) is 33.4 Å². The molecule has 1 N–H and O–H groups in total. The van der Waals surface area contributed by atoms with E-state index in [-0.39, 0.29) is 27.8 Å². The van der Waals surface area contributed by atoms with Gasteiger partial charge in [0.25, 0.3) is 5.78 Å². The molecule has 11 heteroatoms. The molecule has 2 aliphatic rings. The number of nitrogens with zero attached hydrogens (tertiary/aromatic N) is 2. The summed E-state index contributed by atoms with van der Waals surface area (Å²) in [5, 5.41) is 11.8. The number of thiazole rings is 1. The van der Waals surface area contributed by atoms with Crippen LogP contribution in [0, 0.1) is 6.92 Å². The number of ketones is 2. The molecule has 230 valence electrons. The molecule has 6 rings (SSSR count). The van der Waals surface area contributed by atoms with Crippen molar-refractivity contribution in [2.24, 2.45) is 0 Å². The minimum atomic E-state index is -1.09. The van der Waals surface area contributed by atoms with Crippen LogP contribution in [-0.2, 0) is 16.2 Å². The highest BCUT2D eigenvalue weighted by atomic mass is 32.1. The van der Waals surface area contributed by atoms with E-state index in [9.17, 15) is 19.5 Å². The minimum Gasteiger partial charge on any atom is -0.507 e. The second-order valence-electron chi connectivity index (χ2n) is 10.4. The quantitative estimate of drug-likeness (QED) is 0.103. The maximum Gasteiger partial charge on any atom is 0.301 e. The van der Waals surface area contributed by atoms with Gasteiger partial charge in [0.1, 0.15) is 25.6 Å². The molecule has 45 heavy (non-hydrogen) atoms. The Balaban J connectivity index is 1.48. The van der Waals surface area contributed by atoms with Crippen LogP contribution < -0.4 is 23.8 Å². The predicted octanol–water partition coefficient (Wildman–Crippen LogP) is 6.03. The van der Waals surface area contributed by atoms with Gasteiger partial charge in [-0.25, -0.2) is 4.98 Å². The summed E-state index contributed by atoms with van der Waals surface area (Å²) in [6.07, 6.45) is 0. The van der Waals surface area contributed by atoms with Crippen LogP contribution in [0.2, 0.25) is 0 Å². The molecule has 3 aromatic carbocycles. The standard InChI is InChI=1S/C34H30N2O8S/c1-4-41-26-16-22(10-12-25(26)44-18-21-8-6-5-7-9-21)29-28(30(38)23-11-13-24-27(17-23)43-15-14-42-24)31(39)33(40)36(29)34-35-19(2)32(45-34)20(3)37/h5-13,16-17,29,38H,4,14-15,18H2,1-3H3/b30-28+/t29-/m0/s1. The number of aliphatic hydroxyl groups is 1. The highest BCUT2D eigenvalue weighted by Gasteiger charge is 2.48. The lowest BCUT2D eigenvalue weighted by molar-refractivity contribution is -0.132. The van der Waals surface area contributed by atoms with E-state index in [4.69, 9.17) is 18.9 Å². The van der Waals surface area contributed by atoms with Crippen molar-refractivity contribution in [1.29, 1.82) is 0 Å². The van der Waals surface area contributed by atoms with E-state index in [2.05, 4.69) is 4.98 Å². The third-order valence-electron chi connectivity index (χ3n) is 7.39. The van der Waals surface area contributed by atoms with E-state index in [1.54, 1.807) is 43.3 Å². The number of benzene rings is 3. The molecule has 1 amide bonds. The number of carbonyl (C=O) groups excluding carboxylic acids is 3. The molecule has 2 aliphatic heterocycles. The molecule has 4 aromatic rings. The van der Waals surface area contributed by atoms with E-state index >= 15 is 0 Å². The molecular formula is C34H30N2O8S. The zero-order valence-electron chi connectivity index (χ0n) is 24.9. The topological polar surface area (TPSA) is 124 Å². The molecule has 0 bridgehead atoms. The molecule has 1 saturated heterocycles. The average Bonchev–Trinajstić information content (AvgIpc) is 3.56. The number of anilines is 1. The summed E-state index contributed by atoms with van der Waals surface area (Å²) in [5.41, 5.74) is 2.01. The summed E-state index contributed by atoms with van der Waals surface area (Å²) in [6.45, 7) is 6.28. The lowest BCUT2D eigenvalue weighted by Gasteiger charge is -2.24. The monoisotopic (exact) mass is 626 g/mol. The minimum absolute atomic E-state index is 0.144. The molecular weight excluding hydrogens is 596 g/mol. The van der Waals surface area contributed by atoms with Crippen molar-refractivity contribution in [2.75, 3.05) is 24.7 Å². The van der Waals surface area contributed by atoms with Crippen LogP contribution >= 0.6 is 11.3 Å². The normalized spacial score (nSPS) is 17.0. The van der Waals surface area contributed by atoms with Gasteiger partial charge in [-0.2, -0.15) is 0 Å². The van der Waals surface area contributed by atoms with Gasteiger partial charge in [0, 0.05) is 12.5 Å². The number of hydrogen-bond donors (Lipinski definition) is 1. The van der Waals surface area contributed by atoms with Crippen molar-refractivity contribution < 1.29 is 38.4 Å². The molecule has 1 aromatic heterocycles. The number of aliphatic hydroxyl groups excluding tert-OH is 1. The lowest BCUT2D eigenvalue weighted by Crippen LogP contribution is -2.29. The first-order valence-corrected chi connectivity index (χ1v) is 15.2. The van der Waals surface area contributed by atoms with E-state index in [1.165, 1.54) is 11.8 Å². The van der Waals surface area contributed by atoms with Crippen molar-refractivity contribution in [3.8, 4) is 23.0 Å². The maximum atomic E-state index is 13.7. The fraction of sp³-hybridized carbons (Fsp3) is 0.235. The molecule has 1 fully saturated rings. The van der Waals surface area contributed by atoms with E-state index < -0.39 is 17.7 Å². The van der Waals surface area contributed by atoms with Crippen LogP contribution in [0.25, 0.3) is 5.76 Å². The first-order valence-electron chi connectivity index (χ1n) is 14.4. The first kappa shape index (κ1) is 29.9. The number of carbonyl (C=O) groups is 3. The van der Waals surface area contributed by atoms with Gasteiger partial charge in [0.2, 0.25) is 0 Å². The Morgan fingerprint density at radius 2 is 1.76 bits per heavy atom. The Morgan fingerprint density at radius 1 is 1.00 bits per heavy atom. The molecule has 0 spiro atoms. The maximum absolute atomic E-state index is 13.7. The van der Waals surface area contributed by atoms with Crippen LogP contribution in [0.15, 0.2) is 72.3 Å². The summed E-state index contributed by atoms with van der Waals surface area (Å²) in [7, 11) is 0. The fourth-order valence-corrected chi connectivity index (χ4v) is 6.31. The molecule has 3 heterocycles. The Labute approximate surface area is 263 Å². The van der Waals surface area contributed by atoms with Crippen LogP contribution in [0.5, 0.6) is 23.0 Å². The third kappa shape index (κ3) is 5.74. The van der Waals surface area contributed by atoms with E-state index in [0.29, 0.717) is 65.6 Å². The molecule has 0 saturated carbocycles. The van der Waals surface area contributed by atoms with Gasteiger partial charge in [0.15, 0.2) is 33.9 Å². The molecule has 0 aliphatic carbocycles. The predicted molar refractivity (Wildman–Crippen MR) is 167 cm³/mol. The lowest BCUT2D eigenvalue weighted by atomic mass is 9.95. The highest BCUT2D eigenvalue weighted by Crippen LogP contribution is 2.46. The number of ether oxygens (including phenoxy) is 4. The number of fused-ring (bicyclic) bond motifs is 1. The van der Waals surface area contributed by atoms with Gasteiger partial charge in [0.05, 0.1) is 28.8 Å². The second-order valence-corrected chi connectivity index (χ2v) is 11.4. The molecule has 0 radical (unpaired) electrons. The largest absolute Gasteiger partial charge is 0.507 e. The van der Waals surface area contributed by atoms with Gasteiger partial charge in [-0.15, -0.1) is 0 Å². The van der Waals surface area contributed by atoms with Gasteiger partial charge in [-0.05, 0) is 55.3 Å². The Bertz CT molecular complexity index is 1830. The van der Waals surface area contributed by atoms with Crippen LogP contribution in [0.3, 0.4) is 0 Å². The van der Waals surface area contributed by atoms with Gasteiger partial charge in [-0.1, -0.05) is 47.7 Å². The van der Waals surface area contributed by atoms with Gasteiger partial charge in [-0.3, -0.25) is 19.3 Å². The number of rotatable bonds is 9. The highest BCUT2D eigenvalue weighted by molar-refractivity contribution is 7.18. The number of aryl methyl sites for hydroxylation is 1. The van der Waals surface area contributed by atoms with Crippen LogP contribution in [0.4, 0.5) is 5.13 Å². The second kappa shape index (κ2) is 12.4. The Kier molecular flexibility index (Phi) is 8.27. The van der Waals surface area contributed by atoms with Crippen molar-refractivity contribution in [3.05, 3.63) is 99.6 Å². The van der Waals surface area contributed by atoms with Crippen molar-refractivity contribution >= 4 is 39.7 Å². The fourth-order valence-electron chi connectivity index (χ4n) is 5.32. The van der Waals surface area contributed by atoms with Crippen molar-refractivity contribution in [3.63, 3.8) is 0 Å². The van der Waals surface area contributed by atoms with E-state index in [0.717, 1.165) is 16.9 Å². The van der Waals surface area contributed by atoms with Gasteiger partial charge < -0.3 is 24.1 Å². The first-order chi connectivity index (χ1) is 21.8. The zero-order chi connectivity index (χ0) is 31.7.